The number of carbonyl (C=O) groups is 1. The van der Waals surface area contributed by atoms with Gasteiger partial charge in [0.15, 0.2) is 5.96 Å². The molecule has 0 saturated heterocycles. The van der Waals surface area contributed by atoms with Crippen LogP contribution < -0.4 is 16.0 Å². The third kappa shape index (κ3) is 9.45. The molecule has 2 rings (SSSR count). The predicted molar refractivity (Wildman–Crippen MR) is 118 cm³/mol. The summed E-state index contributed by atoms with van der Waals surface area (Å²) in [5, 5.41) is 9.55. The molecule has 1 amide bonds. The summed E-state index contributed by atoms with van der Waals surface area (Å²) in [7, 11) is 0. The third-order valence-corrected chi connectivity index (χ3v) is 4.58. The maximum atomic E-state index is 12.0. The van der Waals surface area contributed by atoms with Gasteiger partial charge in [0.2, 0.25) is 5.91 Å². The first-order valence-corrected chi connectivity index (χ1v) is 9.67. The summed E-state index contributed by atoms with van der Waals surface area (Å²) in [5.41, 5.74) is 0. The van der Waals surface area contributed by atoms with Gasteiger partial charge < -0.3 is 20.5 Å². The molecule has 1 aromatic rings. The van der Waals surface area contributed by atoms with Crippen molar-refractivity contribution in [3.8, 4) is 0 Å². The molecule has 0 aliphatic heterocycles. The molecule has 0 spiro atoms. The number of hydrogen-bond donors (Lipinski definition) is 3. The zero-order valence-electron chi connectivity index (χ0n) is 15.9. The normalized spacial score (nSPS) is 15.2. The van der Waals surface area contributed by atoms with Crippen molar-refractivity contribution in [2.24, 2.45) is 10.9 Å². The molecule has 26 heavy (non-hydrogen) atoms. The summed E-state index contributed by atoms with van der Waals surface area (Å²) in [6.45, 7) is 5.78. The molecule has 1 heterocycles. The number of carbonyl (C=O) groups excluding carboxylic acids is 1. The second kappa shape index (κ2) is 13.9. The maximum Gasteiger partial charge on any atom is 0.220 e. The Kier molecular flexibility index (Phi) is 12.2. The van der Waals surface area contributed by atoms with Crippen LogP contribution in [0.25, 0.3) is 0 Å². The quantitative estimate of drug-likeness (QED) is 0.223. The topological polar surface area (TPSA) is 70.4 Å². The van der Waals surface area contributed by atoms with E-state index in [0.717, 1.165) is 25.6 Å². The van der Waals surface area contributed by atoms with E-state index in [1.807, 2.05) is 24.5 Å². The standard InChI is InChI=1S/C19H33N5O.HI/c1-2-20-19(23-12-15-24-13-6-7-14-24)22-11-10-21-18(25)16-17-8-4-3-5-9-17;/h6-7,13-14,17H,2-5,8-12,15-16H2,1H3,(H,21,25)(H2,20,22,23);1H. The van der Waals surface area contributed by atoms with Crippen LogP contribution >= 0.6 is 24.0 Å². The van der Waals surface area contributed by atoms with Crippen molar-refractivity contribution < 1.29 is 4.79 Å². The van der Waals surface area contributed by atoms with Gasteiger partial charge in [-0.05, 0) is 37.8 Å². The molecule has 0 radical (unpaired) electrons. The zero-order chi connectivity index (χ0) is 17.7. The van der Waals surface area contributed by atoms with Crippen LogP contribution in [0.15, 0.2) is 29.5 Å². The number of amides is 1. The van der Waals surface area contributed by atoms with Crippen LogP contribution in [-0.2, 0) is 11.3 Å². The van der Waals surface area contributed by atoms with E-state index in [9.17, 15) is 4.79 Å². The highest BCUT2D eigenvalue weighted by Crippen LogP contribution is 2.25. The number of aliphatic imine (C=N–C) groups is 1. The minimum Gasteiger partial charge on any atom is -0.357 e. The minimum atomic E-state index is 0. The lowest BCUT2D eigenvalue weighted by molar-refractivity contribution is -0.122. The van der Waals surface area contributed by atoms with E-state index in [0.29, 0.717) is 25.4 Å². The first-order chi connectivity index (χ1) is 12.3. The van der Waals surface area contributed by atoms with Crippen LogP contribution in [0, 0.1) is 5.92 Å². The molecule has 0 atom stereocenters. The van der Waals surface area contributed by atoms with Gasteiger partial charge in [0.25, 0.3) is 0 Å². The highest BCUT2D eigenvalue weighted by atomic mass is 127. The van der Waals surface area contributed by atoms with Gasteiger partial charge >= 0.3 is 0 Å². The highest BCUT2D eigenvalue weighted by molar-refractivity contribution is 14.0. The van der Waals surface area contributed by atoms with E-state index in [4.69, 9.17) is 0 Å². The van der Waals surface area contributed by atoms with E-state index >= 15 is 0 Å². The molecule has 3 N–H and O–H groups in total. The third-order valence-electron chi connectivity index (χ3n) is 4.58. The van der Waals surface area contributed by atoms with Gasteiger partial charge in [-0.3, -0.25) is 9.79 Å². The molecule has 1 saturated carbocycles. The molecule has 0 bridgehead atoms. The Morgan fingerprint density at radius 1 is 1.08 bits per heavy atom. The number of rotatable bonds is 9. The lowest BCUT2D eigenvalue weighted by atomic mass is 9.87. The van der Waals surface area contributed by atoms with Gasteiger partial charge in [-0.2, -0.15) is 0 Å². The summed E-state index contributed by atoms with van der Waals surface area (Å²) in [6, 6.07) is 4.05. The van der Waals surface area contributed by atoms with E-state index < -0.39 is 0 Å². The Balaban J connectivity index is 0.00000338. The Bertz CT molecular complexity index is 512. The van der Waals surface area contributed by atoms with E-state index in [1.54, 1.807) is 0 Å². The monoisotopic (exact) mass is 475 g/mol. The van der Waals surface area contributed by atoms with Crippen LogP contribution in [0.5, 0.6) is 0 Å². The number of guanidine groups is 1. The molecule has 1 fully saturated rings. The number of aromatic nitrogens is 1. The van der Waals surface area contributed by atoms with Gasteiger partial charge in [0.05, 0.1) is 6.54 Å². The summed E-state index contributed by atoms with van der Waals surface area (Å²) in [5.74, 6) is 1.56. The lowest BCUT2D eigenvalue weighted by Crippen LogP contribution is -2.39. The van der Waals surface area contributed by atoms with Crippen molar-refractivity contribution in [2.45, 2.75) is 52.0 Å². The SMILES string of the molecule is CCNC(=NCCNC(=O)CC1CCCCC1)NCCn1cccc1.I. The Morgan fingerprint density at radius 2 is 1.81 bits per heavy atom. The molecule has 0 unspecified atom stereocenters. The van der Waals surface area contributed by atoms with E-state index in [1.165, 1.54) is 32.1 Å². The van der Waals surface area contributed by atoms with Crippen LogP contribution in [-0.4, -0.2) is 42.6 Å². The number of nitrogens with zero attached hydrogens (tertiary/aromatic N) is 2. The molecule has 1 aliphatic rings. The lowest BCUT2D eigenvalue weighted by Gasteiger charge is -2.20. The largest absolute Gasteiger partial charge is 0.357 e. The van der Waals surface area contributed by atoms with Crippen molar-refractivity contribution in [2.75, 3.05) is 26.2 Å². The second-order valence-electron chi connectivity index (χ2n) is 6.67. The molecule has 1 aliphatic carbocycles. The van der Waals surface area contributed by atoms with Gasteiger partial charge in [-0.15, -0.1) is 24.0 Å². The summed E-state index contributed by atoms with van der Waals surface area (Å²) >= 11 is 0. The van der Waals surface area contributed by atoms with Gasteiger partial charge in [0.1, 0.15) is 0 Å². The molecular weight excluding hydrogens is 441 g/mol. The fourth-order valence-electron chi connectivity index (χ4n) is 3.25. The maximum absolute atomic E-state index is 12.0. The van der Waals surface area contributed by atoms with Crippen molar-refractivity contribution in [3.63, 3.8) is 0 Å². The first-order valence-electron chi connectivity index (χ1n) is 9.67. The number of halogens is 1. The first kappa shape index (κ1) is 22.8. The van der Waals surface area contributed by atoms with Gasteiger partial charge in [-0.1, -0.05) is 19.3 Å². The Hall–Kier alpha value is -1.25. The fraction of sp³-hybridized carbons (Fsp3) is 0.684. The zero-order valence-corrected chi connectivity index (χ0v) is 18.2. The molecule has 148 valence electrons. The van der Waals surface area contributed by atoms with Crippen LogP contribution in [0.3, 0.4) is 0 Å². The Morgan fingerprint density at radius 3 is 2.50 bits per heavy atom. The fourth-order valence-corrected chi connectivity index (χ4v) is 3.25. The summed E-state index contributed by atoms with van der Waals surface area (Å²) in [4.78, 5) is 16.5. The van der Waals surface area contributed by atoms with Gasteiger partial charge in [0, 0.05) is 45.0 Å². The average molecular weight is 475 g/mol. The van der Waals surface area contributed by atoms with E-state index in [-0.39, 0.29) is 29.9 Å². The van der Waals surface area contributed by atoms with Crippen LogP contribution in [0.1, 0.15) is 45.4 Å². The second-order valence-corrected chi connectivity index (χ2v) is 6.67. The Labute approximate surface area is 174 Å². The predicted octanol–water partition coefficient (Wildman–Crippen LogP) is 2.75. The van der Waals surface area contributed by atoms with Crippen molar-refractivity contribution in [3.05, 3.63) is 24.5 Å². The minimum absolute atomic E-state index is 0. The van der Waals surface area contributed by atoms with Crippen LogP contribution in [0.2, 0.25) is 0 Å². The van der Waals surface area contributed by atoms with Crippen molar-refractivity contribution in [1.29, 1.82) is 0 Å². The number of hydrogen-bond acceptors (Lipinski definition) is 2. The molecule has 1 aromatic heterocycles. The highest BCUT2D eigenvalue weighted by Gasteiger charge is 2.16. The average Bonchev–Trinajstić information content (AvgIpc) is 3.13. The summed E-state index contributed by atoms with van der Waals surface area (Å²) in [6.07, 6.45) is 11.1. The molecular formula is C19H34IN5O. The smallest absolute Gasteiger partial charge is 0.220 e. The summed E-state index contributed by atoms with van der Waals surface area (Å²) < 4.78 is 2.13. The van der Waals surface area contributed by atoms with Gasteiger partial charge in [-0.25, -0.2) is 0 Å². The van der Waals surface area contributed by atoms with Crippen molar-refractivity contribution >= 4 is 35.8 Å². The van der Waals surface area contributed by atoms with Crippen LogP contribution in [0.4, 0.5) is 0 Å². The molecule has 6 nitrogen and oxygen atoms in total. The molecule has 7 heteroatoms. The molecule has 0 aromatic carbocycles. The number of nitrogens with one attached hydrogen (secondary N) is 3. The van der Waals surface area contributed by atoms with Crippen molar-refractivity contribution in [1.82, 2.24) is 20.5 Å². The van der Waals surface area contributed by atoms with E-state index in [2.05, 4.69) is 32.4 Å².